The minimum atomic E-state index is 0.451. The van der Waals surface area contributed by atoms with Gasteiger partial charge in [-0.3, -0.25) is 0 Å². The predicted molar refractivity (Wildman–Crippen MR) is 70.0 cm³/mol. The van der Waals surface area contributed by atoms with Gasteiger partial charge in [0, 0.05) is 11.1 Å². The van der Waals surface area contributed by atoms with Crippen LogP contribution in [0.25, 0.3) is 0 Å². The molecular formula is C11H9ClN4S. The summed E-state index contributed by atoms with van der Waals surface area (Å²) >= 11 is 7.33. The van der Waals surface area contributed by atoms with Crippen molar-refractivity contribution < 1.29 is 0 Å². The lowest BCUT2D eigenvalue weighted by atomic mass is 10.3. The molecule has 4 nitrogen and oxygen atoms in total. The van der Waals surface area contributed by atoms with Crippen LogP contribution in [0.2, 0.25) is 4.34 Å². The first-order valence-corrected chi connectivity index (χ1v) is 6.02. The highest BCUT2D eigenvalue weighted by atomic mass is 35.5. The van der Waals surface area contributed by atoms with Crippen molar-refractivity contribution in [2.75, 3.05) is 11.1 Å². The highest BCUT2D eigenvalue weighted by Crippen LogP contribution is 2.23. The van der Waals surface area contributed by atoms with E-state index in [-0.39, 0.29) is 0 Å². The number of pyridine rings is 1. The quantitative estimate of drug-likeness (QED) is 0.894. The topological polar surface area (TPSA) is 74.7 Å². The molecule has 0 aliphatic carbocycles. The van der Waals surface area contributed by atoms with Crippen molar-refractivity contribution in [2.45, 2.75) is 6.54 Å². The maximum absolute atomic E-state index is 8.68. The first-order chi connectivity index (χ1) is 8.19. The van der Waals surface area contributed by atoms with Crippen LogP contribution < -0.4 is 11.1 Å². The molecule has 0 radical (unpaired) electrons. The van der Waals surface area contributed by atoms with E-state index in [0.29, 0.717) is 23.6 Å². The summed E-state index contributed by atoms with van der Waals surface area (Å²) in [6, 6.07) is 7.37. The molecule has 0 fully saturated rings. The third-order valence-corrected chi connectivity index (χ3v) is 3.34. The fourth-order valence-electron chi connectivity index (χ4n) is 1.31. The van der Waals surface area contributed by atoms with Crippen molar-refractivity contribution in [1.82, 2.24) is 4.98 Å². The van der Waals surface area contributed by atoms with Crippen LogP contribution in [0.1, 0.15) is 10.4 Å². The summed E-state index contributed by atoms with van der Waals surface area (Å²) in [5, 5.41) is 11.8. The molecule has 0 unspecified atom stereocenters. The van der Waals surface area contributed by atoms with E-state index in [1.165, 1.54) is 17.5 Å². The third-order valence-electron chi connectivity index (χ3n) is 2.11. The predicted octanol–water partition coefficient (Wildman–Crippen LogP) is 2.86. The lowest BCUT2D eigenvalue weighted by molar-refractivity contribution is 1.14. The van der Waals surface area contributed by atoms with Crippen LogP contribution >= 0.6 is 22.9 Å². The van der Waals surface area contributed by atoms with Crippen molar-refractivity contribution in [1.29, 1.82) is 5.26 Å². The zero-order valence-corrected chi connectivity index (χ0v) is 10.3. The van der Waals surface area contributed by atoms with E-state index in [9.17, 15) is 0 Å². The van der Waals surface area contributed by atoms with Gasteiger partial charge >= 0.3 is 0 Å². The number of aromatic nitrogens is 1. The van der Waals surface area contributed by atoms with E-state index in [1.54, 1.807) is 6.07 Å². The Hall–Kier alpha value is -1.77. The van der Waals surface area contributed by atoms with Gasteiger partial charge in [-0.05, 0) is 18.2 Å². The molecule has 6 heteroatoms. The monoisotopic (exact) mass is 264 g/mol. The largest absolute Gasteiger partial charge is 0.396 e. The average molecular weight is 265 g/mol. The van der Waals surface area contributed by atoms with Crippen molar-refractivity contribution in [2.24, 2.45) is 0 Å². The fraction of sp³-hybridized carbons (Fsp3) is 0.0909. The molecule has 17 heavy (non-hydrogen) atoms. The molecule has 0 amide bonds. The normalized spacial score (nSPS) is 9.88. The Morgan fingerprint density at radius 2 is 2.35 bits per heavy atom. The minimum Gasteiger partial charge on any atom is -0.396 e. The summed E-state index contributed by atoms with van der Waals surface area (Å²) in [5.41, 5.74) is 6.68. The number of rotatable bonds is 3. The molecule has 2 aromatic heterocycles. The van der Waals surface area contributed by atoms with Gasteiger partial charge in [0.2, 0.25) is 0 Å². The molecule has 2 rings (SSSR count). The lowest BCUT2D eigenvalue weighted by Crippen LogP contribution is -2.03. The van der Waals surface area contributed by atoms with E-state index >= 15 is 0 Å². The average Bonchev–Trinajstić information content (AvgIpc) is 2.73. The van der Waals surface area contributed by atoms with Crippen molar-refractivity contribution >= 4 is 34.4 Å². The SMILES string of the molecule is N#Cc1cnc(NCc2ccc(Cl)s2)c(N)c1. The second kappa shape index (κ2) is 5.04. The lowest BCUT2D eigenvalue weighted by Gasteiger charge is -2.06. The van der Waals surface area contributed by atoms with E-state index < -0.39 is 0 Å². The number of halogens is 1. The number of hydrogen-bond acceptors (Lipinski definition) is 5. The van der Waals surface area contributed by atoms with Crippen LogP contribution in [0.4, 0.5) is 11.5 Å². The van der Waals surface area contributed by atoms with Crippen LogP contribution in [0.3, 0.4) is 0 Å². The van der Waals surface area contributed by atoms with Crippen LogP contribution in [0.5, 0.6) is 0 Å². The molecule has 0 atom stereocenters. The van der Waals surface area contributed by atoms with Gasteiger partial charge in [0.1, 0.15) is 11.9 Å². The van der Waals surface area contributed by atoms with Crippen LogP contribution in [0, 0.1) is 11.3 Å². The van der Waals surface area contributed by atoms with Crippen molar-refractivity contribution in [3.8, 4) is 6.07 Å². The first-order valence-electron chi connectivity index (χ1n) is 4.83. The smallest absolute Gasteiger partial charge is 0.149 e. The number of anilines is 2. The Kier molecular flexibility index (Phi) is 3.47. The molecule has 86 valence electrons. The van der Waals surface area contributed by atoms with Crippen molar-refractivity contribution in [3.63, 3.8) is 0 Å². The number of nitrogens with zero attached hydrogens (tertiary/aromatic N) is 2. The number of nitrogens with two attached hydrogens (primary N) is 1. The molecule has 2 aromatic rings. The summed E-state index contributed by atoms with van der Waals surface area (Å²) in [4.78, 5) is 5.18. The van der Waals surface area contributed by atoms with Crippen LogP contribution in [0.15, 0.2) is 24.4 Å². The van der Waals surface area contributed by atoms with Gasteiger partial charge in [-0.15, -0.1) is 11.3 Å². The molecule has 0 aliphatic rings. The van der Waals surface area contributed by atoms with E-state index in [4.69, 9.17) is 22.6 Å². The fourth-order valence-corrected chi connectivity index (χ4v) is 2.34. The Balaban J connectivity index is 2.07. The minimum absolute atomic E-state index is 0.451. The molecule has 3 N–H and O–H groups in total. The number of nitrogen functional groups attached to an aromatic ring is 1. The number of nitriles is 1. The Morgan fingerprint density at radius 1 is 1.53 bits per heavy atom. The van der Waals surface area contributed by atoms with Gasteiger partial charge in [-0.25, -0.2) is 4.98 Å². The second-order valence-corrected chi connectivity index (χ2v) is 5.13. The maximum atomic E-state index is 8.68. The standard InChI is InChI=1S/C11H9ClN4S/c12-10-2-1-8(17-10)6-16-11-9(14)3-7(4-13)5-15-11/h1-3,5H,6,14H2,(H,15,16). The molecule has 0 aliphatic heterocycles. The molecular weight excluding hydrogens is 256 g/mol. The summed E-state index contributed by atoms with van der Waals surface area (Å²) < 4.78 is 0.752. The Morgan fingerprint density at radius 3 is 2.94 bits per heavy atom. The van der Waals surface area contributed by atoms with Crippen molar-refractivity contribution in [3.05, 3.63) is 39.2 Å². The van der Waals surface area contributed by atoms with Gasteiger partial charge in [-0.1, -0.05) is 11.6 Å². The van der Waals surface area contributed by atoms with E-state index in [2.05, 4.69) is 10.3 Å². The Labute approximate surface area is 108 Å². The summed E-state index contributed by atoms with van der Waals surface area (Å²) in [7, 11) is 0. The van der Waals surface area contributed by atoms with Gasteiger partial charge in [0.15, 0.2) is 0 Å². The van der Waals surface area contributed by atoms with Gasteiger partial charge < -0.3 is 11.1 Å². The number of thiophene rings is 1. The highest BCUT2D eigenvalue weighted by molar-refractivity contribution is 7.16. The zero-order chi connectivity index (χ0) is 12.3. The van der Waals surface area contributed by atoms with Gasteiger partial charge in [0.25, 0.3) is 0 Å². The van der Waals surface area contributed by atoms with E-state index in [0.717, 1.165) is 9.21 Å². The highest BCUT2D eigenvalue weighted by Gasteiger charge is 2.03. The summed E-state index contributed by atoms with van der Waals surface area (Å²) in [6.45, 7) is 0.612. The molecule has 0 aromatic carbocycles. The van der Waals surface area contributed by atoms with Crippen LogP contribution in [-0.2, 0) is 6.54 Å². The van der Waals surface area contributed by atoms with E-state index in [1.807, 2.05) is 18.2 Å². The second-order valence-electron chi connectivity index (χ2n) is 3.33. The molecule has 0 spiro atoms. The third kappa shape index (κ3) is 2.87. The molecule has 2 heterocycles. The summed E-state index contributed by atoms with van der Waals surface area (Å²) in [6.07, 6.45) is 1.49. The maximum Gasteiger partial charge on any atom is 0.149 e. The van der Waals surface area contributed by atoms with Crippen LogP contribution in [-0.4, -0.2) is 4.98 Å². The van der Waals surface area contributed by atoms with Gasteiger partial charge in [0.05, 0.1) is 22.1 Å². The summed E-state index contributed by atoms with van der Waals surface area (Å²) in [5.74, 6) is 0.577. The molecule has 0 bridgehead atoms. The Bertz CT molecular complexity index is 573. The number of nitrogens with one attached hydrogen (secondary N) is 1. The number of hydrogen-bond donors (Lipinski definition) is 2. The van der Waals surface area contributed by atoms with Gasteiger partial charge in [-0.2, -0.15) is 5.26 Å². The molecule has 0 saturated carbocycles. The molecule has 0 saturated heterocycles. The zero-order valence-electron chi connectivity index (χ0n) is 8.77. The first kappa shape index (κ1) is 11.7.